The van der Waals surface area contributed by atoms with Crippen LogP contribution in [0, 0.1) is 10.1 Å². The van der Waals surface area contributed by atoms with Crippen LogP contribution in [0.15, 0.2) is 24.3 Å². The Morgan fingerprint density at radius 1 is 1.27 bits per heavy atom. The van der Waals surface area contributed by atoms with E-state index in [1.807, 2.05) is 20.8 Å². The van der Waals surface area contributed by atoms with Crippen molar-refractivity contribution in [3.8, 4) is 0 Å². The van der Waals surface area contributed by atoms with E-state index in [-0.39, 0.29) is 28.6 Å². The van der Waals surface area contributed by atoms with Gasteiger partial charge in [0.1, 0.15) is 11.4 Å². The van der Waals surface area contributed by atoms with Crippen molar-refractivity contribution in [1.29, 1.82) is 0 Å². The zero-order valence-corrected chi connectivity index (χ0v) is 15.3. The summed E-state index contributed by atoms with van der Waals surface area (Å²) in [4.78, 5) is 23.2. The Kier molecular flexibility index (Phi) is 4.10. The molecule has 0 aliphatic carbocycles. The minimum absolute atomic E-state index is 0.103. The van der Waals surface area contributed by atoms with Crippen LogP contribution < -0.4 is 5.32 Å². The lowest BCUT2D eigenvalue weighted by molar-refractivity contribution is -0.385. The van der Waals surface area contributed by atoms with Gasteiger partial charge in [-0.05, 0) is 26.8 Å². The van der Waals surface area contributed by atoms with Gasteiger partial charge in [0.25, 0.3) is 11.6 Å². The molecule has 9 nitrogen and oxygen atoms in total. The molecule has 0 unspecified atom stereocenters. The second-order valence-corrected chi connectivity index (χ2v) is 9.18. The summed E-state index contributed by atoms with van der Waals surface area (Å²) in [7, 11) is -3.30. The van der Waals surface area contributed by atoms with Gasteiger partial charge in [-0.3, -0.25) is 14.9 Å². The average molecular weight is 378 g/mol. The largest absolute Gasteiger partial charge is 0.306 e. The fraction of sp³-hybridized carbons (Fsp3) is 0.375. The molecule has 3 rings (SSSR count). The summed E-state index contributed by atoms with van der Waals surface area (Å²) in [5, 5.41) is 18.1. The molecule has 1 aliphatic heterocycles. The van der Waals surface area contributed by atoms with Crippen molar-refractivity contribution >= 4 is 27.2 Å². The number of carbonyl (C=O) groups is 1. The molecule has 0 fully saturated rings. The van der Waals surface area contributed by atoms with E-state index in [1.165, 1.54) is 24.3 Å². The van der Waals surface area contributed by atoms with Gasteiger partial charge in [0, 0.05) is 11.6 Å². The van der Waals surface area contributed by atoms with Crippen molar-refractivity contribution in [2.45, 2.75) is 37.8 Å². The molecule has 26 heavy (non-hydrogen) atoms. The van der Waals surface area contributed by atoms with Crippen LogP contribution in [-0.4, -0.2) is 29.0 Å². The lowest BCUT2D eigenvalue weighted by Crippen LogP contribution is -2.28. The standard InChI is InChI=1S/C16H18N4O5S/c1-16(2,3)19-14(11-8-26(24,25)9-12(11)18-19)17-15(21)10-6-4-5-7-13(10)20(22)23/h4-7H,8-9H2,1-3H3,(H,17,21). The Morgan fingerprint density at radius 2 is 1.92 bits per heavy atom. The topological polar surface area (TPSA) is 124 Å². The van der Waals surface area contributed by atoms with Gasteiger partial charge in [0.2, 0.25) is 0 Å². The quantitative estimate of drug-likeness (QED) is 0.645. The molecule has 138 valence electrons. The lowest BCUT2D eigenvalue weighted by Gasteiger charge is -2.23. The number of sulfone groups is 1. The molecule has 0 spiro atoms. The molecule has 2 aromatic rings. The lowest BCUT2D eigenvalue weighted by atomic mass is 10.1. The fourth-order valence-corrected chi connectivity index (χ4v) is 4.35. The van der Waals surface area contributed by atoms with Gasteiger partial charge in [-0.2, -0.15) is 5.10 Å². The molecule has 0 saturated heterocycles. The van der Waals surface area contributed by atoms with Gasteiger partial charge in [-0.25, -0.2) is 13.1 Å². The maximum atomic E-state index is 12.7. The van der Waals surface area contributed by atoms with Crippen molar-refractivity contribution in [3.05, 3.63) is 51.2 Å². The number of anilines is 1. The first-order chi connectivity index (χ1) is 12.0. The number of nitro benzene ring substituents is 1. The highest BCUT2D eigenvalue weighted by atomic mass is 32.2. The van der Waals surface area contributed by atoms with Crippen LogP contribution in [0.4, 0.5) is 11.5 Å². The van der Waals surface area contributed by atoms with Crippen molar-refractivity contribution < 1.29 is 18.1 Å². The third kappa shape index (κ3) is 3.19. The molecule has 1 N–H and O–H groups in total. The van der Waals surface area contributed by atoms with E-state index in [2.05, 4.69) is 10.4 Å². The number of nitro groups is 1. The number of para-hydroxylation sites is 1. The Bertz CT molecular complexity index is 1020. The second-order valence-electron chi connectivity index (χ2n) is 7.12. The van der Waals surface area contributed by atoms with E-state index in [1.54, 1.807) is 4.68 Å². The van der Waals surface area contributed by atoms with E-state index in [4.69, 9.17) is 0 Å². The molecule has 1 aromatic carbocycles. The summed E-state index contributed by atoms with van der Waals surface area (Å²) in [5.74, 6) is -0.823. The highest BCUT2D eigenvalue weighted by Crippen LogP contribution is 2.34. The Morgan fingerprint density at radius 3 is 2.54 bits per heavy atom. The molecule has 0 atom stereocenters. The zero-order chi connectivity index (χ0) is 19.3. The molecule has 0 bridgehead atoms. The summed E-state index contributed by atoms with van der Waals surface area (Å²) in [5.41, 5.74) is -0.103. The van der Waals surface area contributed by atoms with Crippen LogP contribution in [0.2, 0.25) is 0 Å². The van der Waals surface area contributed by atoms with E-state index in [9.17, 15) is 23.3 Å². The number of rotatable bonds is 3. The van der Waals surface area contributed by atoms with Crippen molar-refractivity contribution in [3.63, 3.8) is 0 Å². The molecule has 1 amide bonds. The highest BCUT2D eigenvalue weighted by molar-refractivity contribution is 7.90. The molecule has 10 heteroatoms. The molecular weight excluding hydrogens is 360 g/mol. The monoisotopic (exact) mass is 378 g/mol. The van der Waals surface area contributed by atoms with E-state index >= 15 is 0 Å². The first kappa shape index (κ1) is 18.1. The van der Waals surface area contributed by atoms with Crippen LogP contribution in [0.25, 0.3) is 0 Å². The van der Waals surface area contributed by atoms with Gasteiger partial charge in [0.05, 0.1) is 27.7 Å². The van der Waals surface area contributed by atoms with E-state index < -0.39 is 26.2 Å². The minimum Gasteiger partial charge on any atom is -0.306 e. The number of hydrogen-bond donors (Lipinski definition) is 1. The third-order valence-electron chi connectivity index (χ3n) is 4.00. The molecule has 0 saturated carbocycles. The molecule has 0 radical (unpaired) electrons. The summed E-state index contributed by atoms with van der Waals surface area (Å²) in [6, 6.07) is 5.59. The van der Waals surface area contributed by atoms with Crippen molar-refractivity contribution in [2.75, 3.05) is 5.32 Å². The Balaban J connectivity index is 2.06. The van der Waals surface area contributed by atoms with Gasteiger partial charge in [0.15, 0.2) is 9.84 Å². The van der Waals surface area contributed by atoms with Crippen LogP contribution in [0.1, 0.15) is 42.4 Å². The minimum atomic E-state index is -3.30. The number of carbonyl (C=O) groups excluding carboxylic acids is 1. The van der Waals surface area contributed by atoms with Crippen LogP contribution in [-0.2, 0) is 26.9 Å². The van der Waals surface area contributed by atoms with Crippen molar-refractivity contribution in [1.82, 2.24) is 9.78 Å². The fourth-order valence-electron chi connectivity index (χ4n) is 2.86. The van der Waals surface area contributed by atoms with Gasteiger partial charge < -0.3 is 5.32 Å². The van der Waals surface area contributed by atoms with Crippen LogP contribution >= 0.6 is 0 Å². The third-order valence-corrected chi connectivity index (χ3v) is 5.44. The number of hydrogen-bond acceptors (Lipinski definition) is 6. The first-order valence-electron chi connectivity index (χ1n) is 7.86. The SMILES string of the molecule is CC(C)(C)n1nc2c(c1NC(=O)c1ccccc1[N+](=O)[O-])CS(=O)(=O)C2. The van der Waals surface area contributed by atoms with Crippen LogP contribution in [0.5, 0.6) is 0 Å². The predicted molar refractivity (Wildman–Crippen MR) is 94.6 cm³/mol. The number of amides is 1. The highest BCUT2D eigenvalue weighted by Gasteiger charge is 2.35. The number of nitrogens with zero attached hydrogens (tertiary/aromatic N) is 3. The number of fused-ring (bicyclic) bond motifs is 1. The summed E-state index contributed by atoms with van der Waals surface area (Å²) in [6.07, 6.45) is 0. The molecule has 1 aliphatic rings. The number of aromatic nitrogens is 2. The normalized spacial score (nSPS) is 15.5. The summed E-state index contributed by atoms with van der Waals surface area (Å²) < 4.78 is 25.4. The van der Waals surface area contributed by atoms with Crippen molar-refractivity contribution in [2.24, 2.45) is 0 Å². The average Bonchev–Trinajstić information content (AvgIpc) is 3.00. The first-order valence-corrected chi connectivity index (χ1v) is 9.68. The van der Waals surface area contributed by atoms with Crippen LogP contribution in [0.3, 0.4) is 0 Å². The summed E-state index contributed by atoms with van der Waals surface area (Å²) in [6.45, 7) is 5.60. The van der Waals surface area contributed by atoms with E-state index in [0.717, 1.165) is 0 Å². The van der Waals surface area contributed by atoms with Gasteiger partial charge in [-0.1, -0.05) is 12.1 Å². The maximum absolute atomic E-state index is 12.7. The second kappa shape index (κ2) is 5.90. The van der Waals surface area contributed by atoms with Gasteiger partial charge in [-0.15, -0.1) is 0 Å². The molecule has 2 heterocycles. The number of nitrogens with one attached hydrogen (secondary N) is 1. The van der Waals surface area contributed by atoms with E-state index in [0.29, 0.717) is 11.3 Å². The maximum Gasteiger partial charge on any atom is 0.282 e. The Hall–Kier alpha value is -2.75. The predicted octanol–water partition coefficient (Wildman–Crippen LogP) is 2.23. The molecular formula is C16H18N4O5S. The Labute approximate surface area is 150 Å². The van der Waals surface area contributed by atoms with Gasteiger partial charge >= 0.3 is 0 Å². The number of benzene rings is 1. The smallest absolute Gasteiger partial charge is 0.282 e. The zero-order valence-electron chi connectivity index (χ0n) is 14.5. The summed E-state index contributed by atoms with van der Waals surface area (Å²) >= 11 is 0. The molecule has 1 aromatic heterocycles.